The second-order valence-corrected chi connectivity index (χ2v) is 9.96. The quantitative estimate of drug-likeness (QED) is 0.300. The molecule has 1 aromatic heterocycles. The number of rotatable bonds is 9. The molecule has 0 radical (unpaired) electrons. The lowest BCUT2D eigenvalue weighted by molar-refractivity contribution is 0.0601. The number of amides is 1. The lowest BCUT2D eigenvalue weighted by atomic mass is 10.1. The normalized spacial score (nSPS) is 10.9. The minimum Gasteiger partial charge on any atom is -0.465 e. The zero-order valence-electron chi connectivity index (χ0n) is 20.7. The third-order valence-corrected chi connectivity index (χ3v) is 6.91. The van der Waals surface area contributed by atoms with Gasteiger partial charge in [0.2, 0.25) is 0 Å². The number of ether oxygens (including phenoxy) is 2. The third kappa shape index (κ3) is 6.54. The van der Waals surface area contributed by atoms with Crippen molar-refractivity contribution >= 4 is 27.6 Å². The van der Waals surface area contributed by atoms with Crippen molar-refractivity contribution in [2.24, 2.45) is 0 Å². The van der Waals surface area contributed by atoms with Gasteiger partial charge in [0.1, 0.15) is 11.5 Å². The molecule has 0 aliphatic rings. The summed E-state index contributed by atoms with van der Waals surface area (Å²) < 4.78 is 38.8. The molecule has 0 aliphatic heterocycles. The average Bonchev–Trinajstić information content (AvgIpc) is 2.93. The highest BCUT2D eigenvalue weighted by Gasteiger charge is 2.20. The van der Waals surface area contributed by atoms with Crippen molar-refractivity contribution < 1.29 is 27.5 Å². The van der Waals surface area contributed by atoms with Crippen molar-refractivity contribution in [2.75, 3.05) is 11.8 Å². The van der Waals surface area contributed by atoms with Crippen LogP contribution in [0.25, 0.3) is 0 Å². The van der Waals surface area contributed by atoms with E-state index in [0.717, 1.165) is 11.1 Å². The molecule has 0 unspecified atom stereocenters. The number of anilines is 1. The zero-order valence-corrected chi connectivity index (χ0v) is 21.5. The van der Waals surface area contributed by atoms with E-state index in [-0.39, 0.29) is 22.1 Å². The predicted molar refractivity (Wildman–Crippen MR) is 142 cm³/mol. The van der Waals surface area contributed by atoms with E-state index in [9.17, 15) is 18.0 Å². The molecule has 1 amide bonds. The van der Waals surface area contributed by atoms with Crippen LogP contribution in [0.3, 0.4) is 0 Å². The number of carbonyl (C=O) groups excluding carboxylic acids is 2. The second kappa shape index (κ2) is 11.6. The van der Waals surface area contributed by atoms with Gasteiger partial charge in [-0.3, -0.25) is 14.5 Å². The van der Waals surface area contributed by atoms with Crippen molar-refractivity contribution in [1.29, 1.82) is 0 Å². The van der Waals surface area contributed by atoms with Gasteiger partial charge in [0.05, 0.1) is 23.3 Å². The molecule has 10 heteroatoms. The van der Waals surface area contributed by atoms with Gasteiger partial charge in [-0.15, -0.1) is 0 Å². The topological polar surface area (TPSA) is 124 Å². The number of sulfonamides is 1. The maximum Gasteiger partial charge on any atom is 0.340 e. The first-order chi connectivity index (χ1) is 18.2. The van der Waals surface area contributed by atoms with Gasteiger partial charge in [0, 0.05) is 24.5 Å². The summed E-state index contributed by atoms with van der Waals surface area (Å²) in [6.07, 6.45) is 3.11. The number of carbonyl (C=O) groups is 2. The number of pyridine rings is 1. The van der Waals surface area contributed by atoms with Crippen LogP contribution in [0.5, 0.6) is 11.5 Å². The Labute approximate surface area is 220 Å². The summed E-state index contributed by atoms with van der Waals surface area (Å²) in [4.78, 5) is 28.6. The van der Waals surface area contributed by atoms with E-state index in [1.54, 1.807) is 67.0 Å². The molecule has 0 bridgehead atoms. The fourth-order valence-corrected chi connectivity index (χ4v) is 4.55. The molecule has 2 N–H and O–H groups in total. The molecule has 4 rings (SSSR count). The highest BCUT2D eigenvalue weighted by atomic mass is 32.2. The Morgan fingerprint density at radius 2 is 1.53 bits per heavy atom. The number of aromatic nitrogens is 1. The van der Waals surface area contributed by atoms with Crippen LogP contribution in [0.15, 0.2) is 96.2 Å². The van der Waals surface area contributed by atoms with Crippen LogP contribution < -0.4 is 14.8 Å². The van der Waals surface area contributed by atoms with Gasteiger partial charge in [0.25, 0.3) is 15.9 Å². The van der Waals surface area contributed by atoms with Crippen LogP contribution in [-0.4, -0.2) is 32.4 Å². The maximum atomic E-state index is 12.8. The van der Waals surface area contributed by atoms with Crippen LogP contribution in [0.2, 0.25) is 0 Å². The molecule has 0 spiro atoms. The van der Waals surface area contributed by atoms with Gasteiger partial charge in [-0.1, -0.05) is 29.8 Å². The zero-order chi connectivity index (χ0) is 27.1. The molecule has 3 aromatic carbocycles. The molecule has 0 saturated carbocycles. The summed E-state index contributed by atoms with van der Waals surface area (Å²) in [5.41, 5.74) is 2.35. The number of nitrogens with zero attached hydrogens (tertiary/aromatic N) is 1. The third-order valence-electron chi connectivity index (χ3n) is 5.53. The van der Waals surface area contributed by atoms with Gasteiger partial charge in [-0.25, -0.2) is 13.2 Å². The van der Waals surface area contributed by atoms with E-state index in [4.69, 9.17) is 9.47 Å². The minimum atomic E-state index is -3.93. The monoisotopic (exact) mass is 531 g/mol. The molecule has 0 aliphatic carbocycles. The number of nitrogens with one attached hydrogen (secondary N) is 2. The van der Waals surface area contributed by atoms with E-state index in [0.29, 0.717) is 23.6 Å². The van der Waals surface area contributed by atoms with E-state index >= 15 is 0 Å². The molecule has 194 valence electrons. The first-order valence-corrected chi connectivity index (χ1v) is 13.0. The molecular weight excluding hydrogens is 506 g/mol. The minimum absolute atomic E-state index is 0.00358. The van der Waals surface area contributed by atoms with Gasteiger partial charge in [-0.2, -0.15) is 0 Å². The molecule has 1 heterocycles. The summed E-state index contributed by atoms with van der Waals surface area (Å²) in [7, 11) is -2.72. The molecule has 38 heavy (non-hydrogen) atoms. The summed E-state index contributed by atoms with van der Waals surface area (Å²) in [6, 6.07) is 21.0. The number of benzene rings is 3. The Morgan fingerprint density at radius 3 is 2.18 bits per heavy atom. The van der Waals surface area contributed by atoms with Crippen molar-refractivity contribution in [3.05, 3.63) is 114 Å². The number of methoxy groups -OCH3 is 1. The van der Waals surface area contributed by atoms with E-state index in [2.05, 4.69) is 15.0 Å². The average molecular weight is 532 g/mol. The molecule has 0 saturated heterocycles. The van der Waals surface area contributed by atoms with Crippen molar-refractivity contribution in [3.8, 4) is 11.5 Å². The van der Waals surface area contributed by atoms with Gasteiger partial charge >= 0.3 is 5.97 Å². The Morgan fingerprint density at radius 1 is 0.868 bits per heavy atom. The predicted octanol–water partition coefficient (Wildman–Crippen LogP) is 4.70. The van der Waals surface area contributed by atoms with E-state index < -0.39 is 16.0 Å². The Hall–Kier alpha value is -4.70. The molecule has 9 nitrogen and oxygen atoms in total. The molecule has 0 atom stereocenters. The van der Waals surface area contributed by atoms with Crippen LogP contribution >= 0.6 is 0 Å². The van der Waals surface area contributed by atoms with Gasteiger partial charge in [0.15, 0.2) is 0 Å². The summed E-state index contributed by atoms with van der Waals surface area (Å²) >= 11 is 0. The molecular formula is C28H25N3O6S. The summed E-state index contributed by atoms with van der Waals surface area (Å²) in [6.45, 7) is 2.18. The summed E-state index contributed by atoms with van der Waals surface area (Å²) in [5, 5.41) is 2.84. The Bertz CT molecular complexity index is 1540. The first-order valence-electron chi connectivity index (χ1n) is 11.5. The van der Waals surface area contributed by atoms with Crippen LogP contribution in [-0.2, 0) is 21.3 Å². The number of aryl methyl sites for hydroxylation is 1. The van der Waals surface area contributed by atoms with Crippen LogP contribution in [0.4, 0.5) is 5.69 Å². The molecule has 4 aromatic rings. The number of esters is 1. The number of hydrogen-bond donors (Lipinski definition) is 2. The molecule has 0 fully saturated rings. The van der Waals surface area contributed by atoms with E-state index in [1.807, 2.05) is 6.92 Å². The lowest BCUT2D eigenvalue weighted by Crippen LogP contribution is -2.22. The Kier molecular flexibility index (Phi) is 8.03. The SMILES string of the molecule is COC(=O)c1cc(Oc2ccc(CNC(=O)c3ccncc3)cc2)ccc1NS(=O)(=O)c1ccc(C)cc1. The van der Waals surface area contributed by atoms with Gasteiger partial charge < -0.3 is 14.8 Å². The van der Waals surface area contributed by atoms with Crippen molar-refractivity contribution in [1.82, 2.24) is 10.3 Å². The van der Waals surface area contributed by atoms with E-state index in [1.165, 1.54) is 31.4 Å². The highest BCUT2D eigenvalue weighted by molar-refractivity contribution is 7.92. The van der Waals surface area contributed by atoms with Crippen LogP contribution in [0, 0.1) is 6.92 Å². The van der Waals surface area contributed by atoms with Crippen LogP contribution in [0.1, 0.15) is 31.8 Å². The van der Waals surface area contributed by atoms with Crippen molar-refractivity contribution in [2.45, 2.75) is 18.4 Å². The standard InChI is InChI=1S/C28H25N3O6S/c1-19-3-10-24(11-4-19)38(34,35)31-26-12-9-23(17-25(26)28(33)36-2)37-22-7-5-20(6-8-22)18-30-27(32)21-13-15-29-16-14-21/h3-17,31H,18H2,1-2H3,(H,30,32). The first kappa shape index (κ1) is 26.4. The van der Waals surface area contributed by atoms with Gasteiger partial charge in [-0.05, 0) is 67.1 Å². The summed E-state index contributed by atoms with van der Waals surface area (Å²) in [5.74, 6) is -0.140. The van der Waals surface area contributed by atoms with Crippen molar-refractivity contribution in [3.63, 3.8) is 0 Å². The second-order valence-electron chi connectivity index (χ2n) is 8.28. The largest absolute Gasteiger partial charge is 0.465 e. The lowest BCUT2D eigenvalue weighted by Gasteiger charge is -2.14. The fourth-order valence-electron chi connectivity index (χ4n) is 3.47. The smallest absolute Gasteiger partial charge is 0.340 e. The maximum absolute atomic E-state index is 12.8. The Balaban J connectivity index is 1.46. The fraction of sp³-hybridized carbons (Fsp3) is 0.107. The highest BCUT2D eigenvalue weighted by Crippen LogP contribution is 2.29. The number of hydrogen-bond acceptors (Lipinski definition) is 7.